The first kappa shape index (κ1) is 14.6. The van der Waals surface area contributed by atoms with Crippen LogP contribution < -0.4 is 9.47 Å². The van der Waals surface area contributed by atoms with Crippen molar-refractivity contribution in [3.8, 4) is 11.5 Å². The normalized spacial score (nSPS) is 14.4. The molecule has 0 aromatic heterocycles. The van der Waals surface area contributed by atoms with Gasteiger partial charge in [-0.3, -0.25) is 4.79 Å². The number of carboxylic acids is 1. The van der Waals surface area contributed by atoms with Gasteiger partial charge in [0.05, 0.1) is 6.42 Å². The number of halogens is 1. The van der Waals surface area contributed by atoms with E-state index in [-0.39, 0.29) is 13.2 Å². The molecule has 1 aliphatic heterocycles. The van der Waals surface area contributed by atoms with Crippen molar-refractivity contribution in [2.24, 2.45) is 0 Å². The fourth-order valence-electron chi connectivity index (χ4n) is 2.47. The molecule has 0 saturated heterocycles. The lowest BCUT2D eigenvalue weighted by atomic mass is 9.76. The topological polar surface area (TPSA) is 55.8 Å². The highest BCUT2D eigenvalue weighted by Gasteiger charge is 2.34. The number of ether oxygens (including phenoxy) is 2. The molecule has 0 amide bonds. The van der Waals surface area contributed by atoms with Crippen LogP contribution in [0.3, 0.4) is 0 Å². The van der Waals surface area contributed by atoms with Gasteiger partial charge in [0.25, 0.3) is 0 Å². The summed E-state index contributed by atoms with van der Waals surface area (Å²) in [7, 11) is 0. The standard InChI is InChI=1S/C15H19FO4/c1-14(2,7-13(17)18)9-5-11-12(20-8-19-11)6-10(9)15(3,4)16/h5-6H,7-8H2,1-4H3,(H,17,18). The number of alkyl halides is 1. The van der Waals surface area contributed by atoms with Gasteiger partial charge in [0, 0.05) is 5.41 Å². The zero-order valence-corrected chi connectivity index (χ0v) is 12.1. The maximum absolute atomic E-state index is 14.5. The molecule has 110 valence electrons. The molecule has 1 heterocycles. The molecule has 1 aliphatic rings. The van der Waals surface area contributed by atoms with Crippen molar-refractivity contribution in [3.05, 3.63) is 23.3 Å². The van der Waals surface area contributed by atoms with E-state index in [0.717, 1.165) is 0 Å². The summed E-state index contributed by atoms with van der Waals surface area (Å²) in [5.74, 6) is 0.113. The average molecular weight is 282 g/mol. The first-order valence-corrected chi connectivity index (χ1v) is 6.46. The van der Waals surface area contributed by atoms with E-state index in [0.29, 0.717) is 22.6 Å². The smallest absolute Gasteiger partial charge is 0.304 e. The van der Waals surface area contributed by atoms with Crippen molar-refractivity contribution >= 4 is 5.97 Å². The molecule has 1 N–H and O–H groups in total. The molecule has 1 aromatic carbocycles. The molecule has 0 aliphatic carbocycles. The van der Waals surface area contributed by atoms with Gasteiger partial charge in [0.2, 0.25) is 6.79 Å². The first-order valence-electron chi connectivity index (χ1n) is 6.46. The predicted octanol–water partition coefficient (Wildman–Crippen LogP) is 3.37. The summed E-state index contributed by atoms with van der Waals surface area (Å²) in [6, 6.07) is 3.31. The van der Waals surface area contributed by atoms with Gasteiger partial charge in [-0.25, -0.2) is 4.39 Å². The van der Waals surface area contributed by atoms with E-state index in [2.05, 4.69) is 0 Å². The second-order valence-electron chi connectivity index (χ2n) is 6.18. The number of carbonyl (C=O) groups is 1. The Morgan fingerprint density at radius 3 is 2.15 bits per heavy atom. The number of hydrogen-bond donors (Lipinski definition) is 1. The second kappa shape index (κ2) is 4.65. The fraction of sp³-hybridized carbons (Fsp3) is 0.533. The Hall–Kier alpha value is -1.78. The molecule has 0 radical (unpaired) electrons. The monoisotopic (exact) mass is 282 g/mol. The van der Waals surface area contributed by atoms with E-state index in [4.69, 9.17) is 14.6 Å². The van der Waals surface area contributed by atoms with Crippen LogP contribution >= 0.6 is 0 Å². The lowest BCUT2D eigenvalue weighted by Gasteiger charge is -2.30. The van der Waals surface area contributed by atoms with Gasteiger partial charge in [-0.1, -0.05) is 13.8 Å². The molecule has 4 nitrogen and oxygen atoms in total. The number of fused-ring (bicyclic) bond motifs is 1. The minimum absolute atomic E-state index is 0.0876. The molecule has 0 spiro atoms. The Morgan fingerprint density at radius 2 is 1.70 bits per heavy atom. The lowest BCUT2D eigenvalue weighted by molar-refractivity contribution is -0.138. The second-order valence-corrected chi connectivity index (χ2v) is 6.18. The van der Waals surface area contributed by atoms with Gasteiger partial charge in [-0.05, 0) is 37.1 Å². The van der Waals surface area contributed by atoms with Gasteiger partial charge in [0.1, 0.15) is 5.67 Å². The van der Waals surface area contributed by atoms with Crippen molar-refractivity contribution in [3.63, 3.8) is 0 Å². The molecule has 0 bridgehead atoms. The van der Waals surface area contributed by atoms with Crippen molar-refractivity contribution in [2.45, 2.75) is 45.2 Å². The zero-order chi connectivity index (χ0) is 15.1. The van der Waals surface area contributed by atoms with Crippen LogP contribution in [0, 0.1) is 0 Å². The van der Waals surface area contributed by atoms with Gasteiger partial charge in [0.15, 0.2) is 11.5 Å². The highest BCUT2D eigenvalue weighted by molar-refractivity contribution is 5.69. The largest absolute Gasteiger partial charge is 0.481 e. The fourth-order valence-corrected chi connectivity index (χ4v) is 2.47. The van der Waals surface area contributed by atoms with Gasteiger partial charge in [-0.15, -0.1) is 0 Å². The summed E-state index contributed by atoms with van der Waals surface area (Å²) in [5, 5.41) is 9.05. The maximum atomic E-state index is 14.5. The summed E-state index contributed by atoms with van der Waals surface area (Å²) in [4.78, 5) is 11.0. The maximum Gasteiger partial charge on any atom is 0.304 e. The molecule has 2 rings (SSSR count). The molecule has 1 aromatic rings. The van der Waals surface area contributed by atoms with E-state index < -0.39 is 17.1 Å². The van der Waals surface area contributed by atoms with E-state index in [1.165, 1.54) is 13.8 Å². The first-order chi connectivity index (χ1) is 9.11. The number of hydrogen-bond acceptors (Lipinski definition) is 3. The summed E-state index contributed by atoms with van der Waals surface area (Å²) < 4.78 is 25.1. The minimum Gasteiger partial charge on any atom is -0.481 e. The van der Waals surface area contributed by atoms with Gasteiger partial charge in [-0.2, -0.15) is 0 Å². The van der Waals surface area contributed by atoms with Crippen molar-refractivity contribution in [2.75, 3.05) is 6.79 Å². The third-order valence-corrected chi connectivity index (χ3v) is 3.48. The van der Waals surface area contributed by atoms with E-state index in [1.54, 1.807) is 26.0 Å². The van der Waals surface area contributed by atoms with Crippen LogP contribution in [0.5, 0.6) is 11.5 Å². The summed E-state index contributed by atoms with van der Waals surface area (Å²) >= 11 is 0. The predicted molar refractivity (Wildman–Crippen MR) is 72.0 cm³/mol. The van der Waals surface area contributed by atoms with E-state index in [1.807, 2.05) is 0 Å². The Balaban J connectivity index is 2.58. The molecular formula is C15H19FO4. The number of benzene rings is 1. The summed E-state index contributed by atoms with van der Waals surface area (Å²) in [6.07, 6.45) is -0.0876. The van der Waals surface area contributed by atoms with Crippen molar-refractivity contribution in [1.29, 1.82) is 0 Å². The van der Waals surface area contributed by atoms with Crippen LogP contribution in [0.2, 0.25) is 0 Å². The Bertz CT molecular complexity index is 544. The van der Waals surface area contributed by atoms with Gasteiger partial charge >= 0.3 is 5.97 Å². The van der Waals surface area contributed by atoms with Gasteiger partial charge < -0.3 is 14.6 Å². The van der Waals surface area contributed by atoms with Crippen LogP contribution in [-0.4, -0.2) is 17.9 Å². The molecule has 0 unspecified atom stereocenters. The van der Waals surface area contributed by atoms with Crippen molar-refractivity contribution in [1.82, 2.24) is 0 Å². The van der Waals surface area contributed by atoms with E-state index in [9.17, 15) is 9.18 Å². The molecule has 0 atom stereocenters. The molecule has 0 saturated carbocycles. The summed E-state index contributed by atoms with van der Waals surface area (Å²) in [5.41, 5.74) is -1.22. The molecular weight excluding hydrogens is 263 g/mol. The molecule has 0 fully saturated rings. The molecule has 5 heteroatoms. The Kier molecular flexibility index (Phi) is 3.40. The SMILES string of the molecule is CC(C)(F)c1cc2c(cc1C(C)(C)CC(=O)O)OCO2. The highest BCUT2D eigenvalue weighted by Crippen LogP contribution is 2.44. The lowest BCUT2D eigenvalue weighted by Crippen LogP contribution is -2.26. The quantitative estimate of drug-likeness (QED) is 0.920. The van der Waals surface area contributed by atoms with Crippen LogP contribution in [0.1, 0.15) is 45.2 Å². The molecule has 20 heavy (non-hydrogen) atoms. The van der Waals surface area contributed by atoms with Crippen LogP contribution in [0.25, 0.3) is 0 Å². The van der Waals surface area contributed by atoms with Crippen LogP contribution in [-0.2, 0) is 15.9 Å². The summed E-state index contributed by atoms with van der Waals surface area (Å²) in [6.45, 7) is 6.57. The third kappa shape index (κ3) is 2.71. The Morgan fingerprint density at radius 1 is 1.20 bits per heavy atom. The number of rotatable bonds is 4. The third-order valence-electron chi connectivity index (χ3n) is 3.48. The van der Waals surface area contributed by atoms with E-state index >= 15 is 0 Å². The average Bonchev–Trinajstić information content (AvgIpc) is 2.71. The highest BCUT2D eigenvalue weighted by atomic mass is 19.1. The minimum atomic E-state index is -1.59. The number of aliphatic carboxylic acids is 1. The Labute approximate surface area is 117 Å². The van der Waals surface area contributed by atoms with Crippen LogP contribution in [0.15, 0.2) is 12.1 Å². The van der Waals surface area contributed by atoms with Crippen molar-refractivity contribution < 1.29 is 23.8 Å². The van der Waals surface area contributed by atoms with Crippen LogP contribution in [0.4, 0.5) is 4.39 Å². The zero-order valence-electron chi connectivity index (χ0n) is 12.1. The number of carboxylic acid groups (broad SMARTS) is 1.